The van der Waals surface area contributed by atoms with Gasteiger partial charge in [0.25, 0.3) is 11.5 Å². The van der Waals surface area contributed by atoms with E-state index < -0.39 is 0 Å². The van der Waals surface area contributed by atoms with Crippen molar-refractivity contribution in [3.05, 3.63) is 74.9 Å². The number of nitrogens with one attached hydrogen (secondary N) is 1. The lowest BCUT2D eigenvalue weighted by atomic mass is 10.1. The van der Waals surface area contributed by atoms with E-state index in [1.165, 1.54) is 21.8 Å². The fourth-order valence-electron chi connectivity index (χ4n) is 2.84. The quantitative estimate of drug-likeness (QED) is 0.599. The summed E-state index contributed by atoms with van der Waals surface area (Å²) in [5.41, 5.74) is 4.08. The number of hydrogen-bond donors (Lipinski definition) is 1. The molecule has 0 spiro atoms. The second-order valence-corrected chi connectivity index (χ2v) is 6.95. The van der Waals surface area contributed by atoms with Crippen LogP contribution in [0.15, 0.2) is 53.3 Å². The number of benzene rings is 2. The number of imidazole rings is 1. The summed E-state index contributed by atoms with van der Waals surface area (Å²) in [6.45, 7) is 3.94. The van der Waals surface area contributed by atoms with Crippen molar-refractivity contribution in [2.45, 2.75) is 13.8 Å². The van der Waals surface area contributed by atoms with Crippen LogP contribution in [0.1, 0.15) is 20.8 Å². The Morgan fingerprint density at radius 2 is 1.92 bits per heavy atom. The maximum Gasteiger partial charge on any atom is 0.266 e. The van der Waals surface area contributed by atoms with Gasteiger partial charge in [-0.2, -0.15) is 0 Å². The molecule has 2 aromatic heterocycles. The highest BCUT2D eigenvalue weighted by molar-refractivity contribution is 7.18. The highest BCUT2D eigenvalue weighted by Gasteiger charge is 2.14. The number of fused-ring (bicyclic) bond motifs is 3. The number of nitrogens with zero attached hydrogens (tertiary/aromatic N) is 2. The van der Waals surface area contributed by atoms with Gasteiger partial charge in [0, 0.05) is 11.8 Å². The molecule has 0 unspecified atom stereocenters. The van der Waals surface area contributed by atoms with Gasteiger partial charge < -0.3 is 5.32 Å². The molecule has 0 aliphatic rings. The van der Waals surface area contributed by atoms with Crippen molar-refractivity contribution in [1.29, 1.82) is 0 Å². The summed E-state index contributed by atoms with van der Waals surface area (Å²) in [6.07, 6.45) is 0. The van der Waals surface area contributed by atoms with Gasteiger partial charge in [-0.1, -0.05) is 41.2 Å². The highest BCUT2D eigenvalue weighted by atomic mass is 32.1. The molecule has 4 aromatic rings. The number of rotatable bonds is 2. The summed E-state index contributed by atoms with van der Waals surface area (Å²) in [5.74, 6) is -0.302. The molecular weight excluding hydrogens is 334 g/mol. The zero-order chi connectivity index (χ0) is 17.6. The molecule has 1 N–H and O–H groups in total. The van der Waals surface area contributed by atoms with Crippen molar-refractivity contribution in [2.75, 3.05) is 5.32 Å². The molecule has 1 amide bonds. The Balaban J connectivity index is 1.77. The van der Waals surface area contributed by atoms with Crippen molar-refractivity contribution >= 4 is 38.9 Å². The van der Waals surface area contributed by atoms with E-state index in [0.29, 0.717) is 9.84 Å². The van der Waals surface area contributed by atoms with Crippen LogP contribution in [0.4, 0.5) is 5.69 Å². The van der Waals surface area contributed by atoms with Crippen LogP contribution in [0.3, 0.4) is 0 Å². The molecule has 25 heavy (non-hydrogen) atoms. The first kappa shape index (κ1) is 15.5. The summed E-state index contributed by atoms with van der Waals surface area (Å²) in [6, 6.07) is 14.6. The number of para-hydroxylation sites is 2. The molecule has 0 aliphatic carbocycles. The van der Waals surface area contributed by atoms with Gasteiger partial charge in [-0.15, -0.1) is 0 Å². The van der Waals surface area contributed by atoms with E-state index in [0.717, 1.165) is 27.8 Å². The molecule has 5 nitrogen and oxygen atoms in total. The van der Waals surface area contributed by atoms with E-state index in [1.807, 2.05) is 56.3 Å². The maximum absolute atomic E-state index is 12.6. The minimum absolute atomic E-state index is 0.256. The molecule has 0 saturated heterocycles. The van der Waals surface area contributed by atoms with Crippen LogP contribution in [0.25, 0.3) is 16.0 Å². The van der Waals surface area contributed by atoms with E-state index in [-0.39, 0.29) is 11.5 Å². The third kappa shape index (κ3) is 2.70. The number of aryl methyl sites for hydroxylation is 2. The Labute approximate surface area is 147 Å². The predicted molar refractivity (Wildman–Crippen MR) is 101 cm³/mol. The second kappa shape index (κ2) is 5.82. The minimum Gasteiger partial charge on any atom is -0.321 e. The molecule has 2 heterocycles. The smallest absolute Gasteiger partial charge is 0.266 e. The summed E-state index contributed by atoms with van der Waals surface area (Å²) >= 11 is 1.20. The second-order valence-electron chi connectivity index (χ2n) is 5.94. The summed E-state index contributed by atoms with van der Waals surface area (Å²) in [4.78, 5) is 30.4. The average Bonchev–Trinajstić information content (AvgIpc) is 2.96. The van der Waals surface area contributed by atoms with Gasteiger partial charge in [-0.25, -0.2) is 4.98 Å². The molecule has 0 bridgehead atoms. The zero-order valence-electron chi connectivity index (χ0n) is 13.7. The topological polar surface area (TPSA) is 63.5 Å². The van der Waals surface area contributed by atoms with Gasteiger partial charge in [-0.3, -0.25) is 14.0 Å². The van der Waals surface area contributed by atoms with Crippen LogP contribution in [0.5, 0.6) is 0 Å². The third-order valence-corrected chi connectivity index (χ3v) is 5.04. The lowest BCUT2D eigenvalue weighted by Gasteiger charge is -2.08. The Bertz CT molecular complexity index is 1190. The lowest BCUT2D eigenvalue weighted by molar-refractivity contribution is 0.103. The molecule has 0 radical (unpaired) electrons. The van der Waals surface area contributed by atoms with E-state index in [1.54, 1.807) is 0 Å². The van der Waals surface area contributed by atoms with Crippen LogP contribution < -0.4 is 10.9 Å². The molecule has 0 saturated carbocycles. The number of amides is 1. The largest absolute Gasteiger partial charge is 0.321 e. The van der Waals surface area contributed by atoms with Crippen LogP contribution in [0.2, 0.25) is 0 Å². The predicted octanol–water partition coefficient (Wildman–Crippen LogP) is 3.78. The maximum atomic E-state index is 12.6. The molecule has 0 fully saturated rings. The lowest BCUT2D eigenvalue weighted by Crippen LogP contribution is -2.17. The van der Waals surface area contributed by atoms with Gasteiger partial charge >= 0.3 is 0 Å². The highest BCUT2D eigenvalue weighted by Crippen LogP contribution is 2.21. The first-order chi connectivity index (χ1) is 12.0. The summed E-state index contributed by atoms with van der Waals surface area (Å²) in [7, 11) is 0. The molecule has 6 heteroatoms. The Kier molecular flexibility index (Phi) is 3.62. The molecule has 0 atom stereocenters. The molecule has 2 aromatic carbocycles. The van der Waals surface area contributed by atoms with Crippen molar-refractivity contribution < 1.29 is 4.79 Å². The fourth-order valence-corrected chi connectivity index (χ4v) is 3.76. The summed E-state index contributed by atoms with van der Waals surface area (Å²) in [5, 5.41) is 2.87. The number of aromatic nitrogens is 2. The monoisotopic (exact) mass is 349 g/mol. The summed E-state index contributed by atoms with van der Waals surface area (Å²) < 4.78 is 1.54. The van der Waals surface area contributed by atoms with Gasteiger partial charge in [0.2, 0.25) is 0 Å². The first-order valence-electron chi connectivity index (χ1n) is 7.83. The van der Waals surface area contributed by atoms with Gasteiger partial charge in [0.1, 0.15) is 4.88 Å². The number of hydrogen-bond acceptors (Lipinski definition) is 4. The normalized spacial score (nSPS) is 11.1. The zero-order valence-corrected chi connectivity index (χ0v) is 14.6. The van der Waals surface area contributed by atoms with Crippen molar-refractivity contribution in [3.8, 4) is 0 Å². The Morgan fingerprint density at radius 3 is 2.72 bits per heavy atom. The van der Waals surface area contributed by atoms with Gasteiger partial charge in [0.05, 0.1) is 11.0 Å². The average molecular weight is 349 g/mol. The molecule has 4 rings (SSSR count). The van der Waals surface area contributed by atoms with Crippen molar-refractivity contribution in [2.24, 2.45) is 0 Å². The van der Waals surface area contributed by atoms with Crippen molar-refractivity contribution in [3.63, 3.8) is 0 Å². The molecule has 0 aliphatic heterocycles. The van der Waals surface area contributed by atoms with E-state index in [2.05, 4.69) is 10.3 Å². The number of carbonyl (C=O) groups excluding carboxylic acids is 1. The number of anilines is 1. The standard InChI is InChI=1S/C19H15N3O2S/c1-11-7-8-13(12(2)9-11)20-18(24)16-10-17(23)22-15-6-4-3-5-14(15)21-19(22)25-16/h3-10H,1-2H3,(H,20,24). The Hall–Kier alpha value is -2.99. The third-order valence-electron chi connectivity index (χ3n) is 4.06. The van der Waals surface area contributed by atoms with Gasteiger partial charge in [0.15, 0.2) is 4.96 Å². The van der Waals surface area contributed by atoms with Gasteiger partial charge in [-0.05, 0) is 37.6 Å². The van der Waals surface area contributed by atoms with Crippen LogP contribution in [-0.2, 0) is 0 Å². The fraction of sp³-hybridized carbons (Fsp3) is 0.105. The van der Waals surface area contributed by atoms with Crippen LogP contribution in [-0.4, -0.2) is 15.3 Å². The van der Waals surface area contributed by atoms with Crippen LogP contribution in [0, 0.1) is 13.8 Å². The van der Waals surface area contributed by atoms with E-state index in [4.69, 9.17) is 0 Å². The van der Waals surface area contributed by atoms with Crippen LogP contribution >= 0.6 is 11.3 Å². The number of carbonyl (C=O) groups is 1. The Morgan fingerprint density at radius 1 is 1.12 bits per heavy atom. The molecular formula is C19H15N3O2S. The molecule has 124 valence electrons. The SMILES string of the molecule is Cc1ccc(NC(=O)c2cc(=O)n3c(nc4ccccc43)s2)c(C)c1. The minimum atomic E-state index is -0.302. The van der Waals surface area contributed by atoms with E-state index >= 15 is 0 Å². The first-order valence-corrected chi connectivity index (χ1v) is 8.64. The van der Waals surface area contributed by atoms with E-state index in [9.17, 15) is 9.59 Å². The van der Waals surface area contributed by atoms with Crippen molar-refractivity contribution in [1.82, 2.24) is 9.38 Å².